The fourth-order valence-electron chi connectivity index (χ4n) is 2.57. The van der Waals surface area contributed by atoms with Crippen LogP contribution in [0.2, 0.25) is 5.02 Å². The van der Waals surface area contributed by atoms with Crippen molar-refractivity contribution in [3.63, 3.8) is 0 Å². The van der Waals surface area contributed by atoms with Gasteiger partial charge in [0.1, 0.15) is 0 Å². The highest BCUT2D eigenvalue weighted by Crippen LogP contribution is 2.19. The van der Waals surface area contributed by atoms with Crippen LogP contribution in [-0.2, 0) is 9.53 Å². The summed E-state index contributed by atoms with van der Waals surface area (Å²) in [5.74, 6) is -0.00303. The number of rotatable bonds is 3. The van der Waals surface area contributed by atoms with Crippen molar-refractivity contribution in [2.75, 3.05) is 25.0 Å². The van der Waals surface area contributed by atoms with Crippen LogP contribution in [0, 0.1) is 6.92 Å². The third-order valence-electron chi connectivity index (χ3n) is 3.32. The van der Waals surface area contributed by atoms with E-state index < -0.39 is 0 Å². The Morgan fingerprint density at radius 3 is 2.65 bits per heavy atom. The Balaban J connectivity index is 1.92. The minimum Gasteiger partial charge on any atom is -0.373 e. The lowest BCUT2D eigenvalue weighted by molar-refractivity contribution is -0.121. The van der Waals surface area contributed by atoms with Gasteiger partial charge in [-0.05, 0) is 44.5 Å². The molecule has 0 aromatic heterocycles. The molecule has 0 bridgehead atoms. The van der Waals surface area contributed by atoms with Crippen molar-refractivity contribution in [1.82, 2.24) is 4.90 Å². The molecule has 2 unspecified atom stereocenters. The summed E-state index contributed by atoms with van der Waals surface area (Å²) < 4.78 is 5.66. The number of nitrogens with one attached hydrogen (secondary N) is 1. The van der Waals surface area contributed by atoms with Crippen LogP contribution in [0.5, 0.6) is 0 Å². The molecule has 1 aliphatic rings. The molecule has 1 aliphatic heterocycles. The van der Waals surface area contributed by atoms with Gasteiger partial charge >= 0.3 is 0 Å². The Labute approximate surface area is 125 Å². The van der Waals surface area contributed by atoms with Gasteiger partial charge in [-0.25, -0.2) is 0 Å². The first-order valence-corrected chi connectivity index (χ1v) is 7.25. The van der Waals surface area contributed by atoms with E-state index in [2.05, 4.69) is 10.2 Å². The summed E-state index contributed by atoms with van der Waals surface area (Å²) in [6.45, 7) is 7.96. The molecule has 1 heterocycles. The molecule has 4 nitrogen and oxygen atoms in total. The normalized spacial score (nSPS) is 23.6. The molecule has 110 valence electrons. The van der Waals surface area contributed by atoms with E-state index >= 15 is 0 Å². The highest BCUT2D eigenvalue weighted by molar-refractivity contribution is 6.30. The summed E-state index contributed by atoms with van der Waals surface area (Å²) in [5, 5.41) is 3.61. The molecule has 1 aromatic carbocycles. The number of hydrogen-bond donors (Lipinski definition) is 1. The van der Waals surface area contributed by atoms with Gasteiger partial charge in [-0.2, -0.15) is 0 Å². The SMILES string of the molecule is Cc1cc(Cl)ccc1NC(=O)CN1CC(C)OC(C)C1. The Kier molecular flexibility index (Phi) is 5.02. The van der Waals surface area contributed by atoms with E-state index in [0.29, 0.717) is 11.6 Å². The van der Waals surface area contributed by atoms with Gasteiger partial charge in [-0.1, -0.05) is 11.6 Å². The van der Waals surface area contributed by atoms with E-state index in [0.717, 1.165) is 24.3 Å². The van der Waals surface area contributed by atoms with E-state index in [-0.39, 0.29) is 18.1 Å². The molecular formula is C15H21ClN2O2. The molecule has 0 spiro atoms. The number of morpholine rings is 1. The smallest absolute Gasteiger partial charge is 0.238 e. The molecule has 0 saturated carbocycles. The van der Waals surface area contributed by atoms with Crippen LogP contribution in [0.1, 0.15) is 19.4 Å². The van der Waals surface area contributed by atoms with Crippen LogP contribution in [-0.4, -0.2) is 42.6 Å². The van der Waals surface area contributed by atoms with Crippen molar-refractivity contribution < 1.29 is 9.53 Å². The van der Waals surface area contributed by atoms with Crippen LogP contribution in [0.25, 0.3) is 0 Å². The lowest BCUT2D eigenvalue weighted by Gasteiger charge is -2.34. The molecule has 5 heteroatoms. The number of carbonyl (C=O) groups is 1. The minimum absolute atomic E-state index is 0.00303. The fourth-order valence-corrected chi connectivity index (χ4v) is 2.80. The zero-order valence-electron chi connectivity index (χ0n) is 12.1. The maximum absolute atomic E-state index is 12.1. The highest BCUT2D eigenvalue weighted by Gasteiger charge is 2.23. The Morgan fingerprint density at radius 2 is 2.05 bits per heavy atom. The molecule has 1 fully saturated rings. The van der Waals surface area contributed by atoms with Crippen LogP contribution >= 0.6 is 11.6 Å². The standard InChI is InChI=1S/C15H21ClN2O2/c1-10-6-13(16)4-5-14(10)17-15(19)9-18-7-11(2)20-12(3)8-18/h4-6,11-12H,7-9H2,1-3H3,(H,17,19). The van der Waals surface area contributed by atoms with Crippen molar-refractivity contribution in [3.05, 3.63) is 28.8 Å². The predicted molar refractivity (Wildman–Crippen MR) is 81.3 cm³/mol. The molecule has 1 N–H and O–H groups in total. The second kappa shape index (κ2) is 6.57. The van der Waals surface area contributed by atoms with Crippen molar-refractivity contribution in [3.8, 4) is 0 Å². The maximum atomic E-state index is 12.1. The molecule has 1 amide bonds. The third-order valence-corrected chi connectivity index (χ3v) is 3.56. The summed E-state index contributed by atoms with van der Waals surface area (Å²) in [6, 6.07) is 5.46. The molecule has 0 aliphatic carbocycles. The number of amides is 1. The summed E-state index contributed by atoms with van der Waals surface area (Å²) in [5.41, 5.74) is 1.78. The van der Waals surface area contributed by atoms with Gasteiger partial charge < -0.3 is 10.1 Å². The van der Waals surface area contributed by atoms with Gasteiger partial charge in [-0.15, -0.1) is 0 Å². The Bertz CT molecular complexity index is 483. The van der Waals surface area contributed by atoms with Crippen LogP contribution in [0.3, 0.4) is 0 Å². The number of nitrogens with zero attached hydrogens (tertiary/aromatic N) is 1. The zero-order valence-corrected chi connectivity index (χ0v) is 12.9. The lowest BCUT2D eigenvalue weighted by Crippen LogP contribution is -2.48. The lowest BCUT2D eigenvalue weighted by atomic mass is 10.2. The predicted octanol–water partition coefficient (Wildman–Crippen LogP) is 2.70. The first kappa shape index (κ1) is 15.3. The summed E-state index contributed by atoms with van der Waals surface area (Å²) >= 11 is 5.91. The number of benzene rings is 1. The maximum Gasteiger partial charge on any atom is 0.238 e. The molecular weight excluding hydrogens is 276 g/mol. The van der Waals surface area contributed by atoms with Gasteiger partial charge in [-0.3, -0.25) is 9.69 Å². The minimum atomic E-state index is -0.00303. The molecule has 0 radical (unpaired) electrons. The topological polar surface area (TPSA) is 41.6 Å². The van der Waals surface area contributed by atoms with Crippen molar-refractivity contribution in [1.29, 1.82) is 0 Å². The first-order valence-electron chi connectivity index (χ1n) is 6.88. The van der Waals surface area contributed by atoms with Gasteiger partial charge in [0.15, 0.2) is 0 Å². The Hall–Kier alpha value is -1.10. The average Bonchev–Trinajstić information content (AvgIpc) is 2.31. The highest BCUT2D eigenvalue weighted by atomic mass is 35.5. The summed E-state index contributed by atoms with van der Waals surface area (Å²) in [7, 11) is 0. The number of ether oxygens (including phenoxy) is 1. The Morgan fingerprint density at radius 1 is 1.40 bits per heavy atom. The molecule has 1 aromatic rings. The van der Waals surface area contributed by atoms with E-state index in [1.54, 1.807) is 6.07 Å². The van der Waals surface area contributed by atoms with E-state index in [1.165, 1.54) is 0 Å². The molecule has 2 rings (SSSR count). The summed E-state index contributed by atoms with van der Waals surface area (Å²) in [6.07, 6.45) is 0.340. The van der Waals surface area contributed by atoms with Crippen molar-refractivity contribution in [2.45, 2.75) is 33.0 Å². The number of halogens is 1. The van der Waals surface area contributed by atoms with Crippen molar-refractivity contribution in [2.24, 2.45) is 0 Å². The van der Waals surface area contributed by atoms with E-state index in [9.17, 15) is 4.79 Å². The molecule has 1 saturated heterocycles. The third kappa shape index (κ3) is 4.20. The van der Waals surface area contributed by atoms with E-state index in [4.69, 9.17) is 16.3 Å². The van der Waals surface area contributed by atoms with Crippen LogP contribution in [0.15, 0.2) is 18.2 Å². The number of anilines is 1. The molecule has 20 heavy (non-hydrogen) atoms. The zero-order chi connectivity index (χ0) is 14.7. The number of aryl methyl sites for hydroxylation is 1. The second-order valence-corrected chi connectivity index (χ2v) is 5.90. The summed E-state index contributed by atoms with van der Waals surface area (Å²) in [4.78, 5) is 14.2. The fraction of sp³-hybridized carbons (Fsp3) is 0.533. The molecule has 2 atom stereocenters. The van der Waals surface area contributed by atoms with Crippen LogP contribution in [0.4, 0.5) is 5.69 Å². The van der Waals surface area contributed by atoms with Gasteiger partial charge in [0.05, 0.1) is 18.8 Å². The van der Waals surface area contributed by atoms with Crippen molar-refractivity contribution >= 4 is 23.2 Å². The largest absolute Gasteiger partial charge is 0.373 e. The first-order chi connectivity index (χ1) is 9.44. The average molecular weight is 297 g/mol. The van der Waals surface area contributed by atoms with Gasteiger partial charge in [0, 0.05) is 23.8 Å². The van der Waals surface area contributed by atoms with E-state index in [1.807, 2.05) is 32.9 Å². The second-order valence-electron chi connectivity index (χ2n) is 5.46. The quantitative estimate of drug-likeness (QED) is 0.932. The van der Waals surface area contributed by atoms with Crippen LogP contribution < -0.4 is 5.32 Å². The number of carbonyl (C=O) groups excluding carboxylic acids is 1. The number of hydrogen-bond acceptors (Lipinski definition) is 3. The van der Waals surface area contributed by atoms with Gasteiger partial charge in [0.2, 0.25) is 5.91 Å². The van der Waals surface area contributed by atoms with Gasteiger partial charge in [0.25, 0.3) is 0 Å². The monoisotopic (exact) mass is 296 g/mol.